The van der Waals surface area contributed by atoms with E-state index in [1.807, 2.05) is 0 Å². The minimum atomic E-state index is -0.724. The first-order chi connectivity index (χ1) is 10.1. The van der Waals surface area contributed by atoms with E-state index in [-0.39, 0.29) is 11.8 Å². The fourth-order valence-electron chi connectivity index (χ4n) is 2.78. The Morgan fingerprint density at radius 3 is 2.90 bits per heavy atom. The quantitative estimate of drug-likeness (QED) is 0.809. The molecule has 1 aliphatic carbocycles. The van der Waals surface area contributed by atoms with Gasteiger partial charge in [0.15, 0.2) is 0 Å². The number of carbonyl (C=O) groups excluding carboxylic acids is 1. The molecule has 1 aromatic rings. The highest BCUT2D eigenvalue weighted by Crippen LogP contribution is 2.30. The molecule has 0 aromatic carbocycles. The van der Waals surface area contributed by atoms with Gasteiger partial charge in [-0.05, 0) is 30.9 Å². The van der Waals surface area contributed by atoms with Crippen molar-refractivity contribution in [2.45, 2.75) is 25.7 Å². The van der Waals surface area contributed by atoms with Gasteiger partial charge in [-0.3, -0.25) is 4.79 Å². The number of aliphatic carboxylic acids is 1. The SMILES string of the molecule is COC(=O)c1ccnc(NCC2CCCCC2C(=O)O)c1. The second-order valence-electron chi connectivity index (χ2n) is 5.29. The van der Waals surface area contributed by atoms with E-state index in [1.165, 1.54) is 13.3 Å². The molecule has 0 spiro atoms. The lowest BCUT2D eigenvalue weighted by molar-refractivity contribution is -0.144. The molecule has 1 fully saturated rings. The van der Waals surface area contributed by atoms with Gasteiger partial charge < -0.3 is 15.2 Å². The molecule has 2 N–H and O–H groups in total. The molecular weight excluding hydrogens is 272 g/mol. The summed E-state index contributed by atoms with van der Waals surface area (Å²) in [6, 6.07) is 3.20. The van der Waals surface area contributed by atoms with Crippen LogP contribution in [0.15, 0.2) is 18.3 Å². The molecule has 2 rings (SSSR count). The van der Waals surface area contributed by atoms with Crippen molar-refractivity contribution >= 4 is 17.8 Å². The zero-order valence-corrected chi connectivity index (χ0v) is 12.0. The zero-order valence-electron chi connectivity index (χ0n) is 12.0. The monoisotopic (exact) mass is 292 g/mol. The Bertz CT molecular complexity index is 518. The number of nitrogens with one attached hydrogen (secondary N) is 1. The summed E-state index contributed by atoms with van der Waals surface area (Å²) in [4.78, 5) is 26.9. The molecule has 1 aromatic heterocycles. The highest BCUT2D eigenvalue weighted by Gasteiger charge is 2.30. The molecule has 1 heterocycles. The van der Waals surface area contributed by atoms with Gasteiger partial charge in [-0.15, -0.1) is 0 Å². The predicted molar refractivity (Wildman–Crippen MR) is 77.2 cm³/mol. The summed E-state index contributed by atoms with van der Waals surface area (Å²) in [6.45, 7) is 0.550. The predicted octanol–water partition coefficient (Wildman–Crippen LogP) is 2.17. The summed E-state index contributed by atoms with van der Waals surface area (Å²) in [7, 11) is 1.33. The Hall–Kier alpha value is -2.11. The van der Waals surface area contributed by atoms with Crippen molar-refractivity contribution in [3.63, 3.8) is 0 Å². The molecule has 0 amide bonds. The van der Waals surface area contributed by atoms with E-state index in [2.05, 4.69) is 15.0 Å². The molecule has 0 aliphatic heterocycles. The first-order valence-corrected chi connectivity index (χ1v) is 7.13. The Morgan fingerprint density at radius 1 is 1.43 bits per heavy atom. The summed E-state index contributed by atoms with van der Waals surface area (Å²) in [6.07, 6.45) is 5.21. The summed E-state index contributed by atoms with van der Waals surface area (Å²) in [5, 5.41) is 12.4. The van der Waals surface area contributed by atoms with E-state index >= 15 is 0 Å². The lowest BCUT2D eigenvalue weighted by atomic mass is 9.79. The van der Waals surface area contributed by atoms with Crippen LogP contribution in [0.3, 0.4) is 0 Å². The fourth-order valence-corrected chi connectivity index (χ4v) is 2.78. The van der Waals surface area contributed by atoms with Crippen LogP contribution in [0.2, 0.25) is 0 Å². The summed E-state index contributed by atoms with van der Waals surface area (Å²) >= 11 is 0. The Balaban J connectivity index is 1.98. The van der Waals surface area contributed by atoms with Crippen LogP contribution in [0.4, 0.5) is 5.82 Å². The third kappa shape index (κ3) is 3.93. The van der Waals surface area contributed by atoms with Crippen molar-refractivity contribution in [1.29, 1.82) is 0 Å². The molecule has 1 aliphatic rings. The number of nitrogens with zero attached hydrogens (tertiary/aromatic N) is 1. The highest BCUT2D eigenvalue weighted by molar-refractivity contribution is 5.89. The van der Waals surface area contributed by atoms with Crippen molar-refractivity contribution in [2.24, 2.45) is 11.8 Å². The number of hydrogen-bond donors (Lipinski definition) is 2. The number of aromatic nitrogens is 1. The average Bonchev–Trinajstić information content (AvgIpc) is 2.52. The molecule has 6 heteroatoms. The van der Waals surface area contributed by atoms with Crippen LogP contribution < -0.4 is 5.32 Å². The van der Waals surface area contributed by atoms with E-state index in [0.29, 0.717) is 17.9 Å². The number of methoxy groups -OCH3 is 1. The van der Waals surface area contributed by atoms with Gasteiger partial charge in [0.05, 0.1) is 18.6 Å². The van der Waals surface area contributed by atoms with Gasteiger partial charge in [-0.2, -0.15) is 0 Å². The normalized spacial score (nSPS) is 21.6. The summed E-state index contributed by atoms with van der Waals surface area (Å²) in [5.74, 6) is -0.776. The number of carbonyl (C=O) groups is 2. The van der Waals surface area contributed by atoms with Crippen LogP contribution in [0.1, 0.15) is 36.0 Å². The molecule has 0 saturated heterocycles. The third-order valence-electron chi connectivity index (χ3n) is 3.95. The largest absolute Gasteiger partial charge is 0.481 e. The maximum atomic E-state index is 11.5. The van der Waals surface area contributed by atoms with E-state index in [4.69, 9.17) is 0 Å². The number of rotatable bonds is 5. The average molecular weight is 292 g/mol. The second kappa shape index (κ2) is 7.06. The van der Waals surface area contributed by atoms with E-state index in [1.54, 1.807) is 12.1 Å². The second-order valence-corrected chi connectivity index (χ2v) is 5.29. The number of carboxylic acid groups (broad SMARTS) is 1. The molecule has 0 bridgehead atoms. The molecule has 21 heavy (non-hydrogen) atoms. The Morgan fingerprint density at radius 2 is 2.19 bits per heavy atom. The van der Waals surface area contributed by atoms with Crippen LogP contribution in [-0.4, -0.2) is 35.7 Å². The van der Waals surface area contributed by atoms with Crippen LogP contribution in [0, 0.1) is 11.8 Å². The summed E-state index contributed by atoms with van der Waals surface area (Å²) < 4.78 is 4.66. The van der Waals surface area contributed by atoms with Gasteiger partial charge in [-0.1, -0.05) is 12.8 Å². The lowest BCUT2D eigenvalue weighted by Crippen LogP contribution is -2.31. The van der Waals surface area contributed by atoms with Crippen molar-refractivity contribution in [2.75, 3.05) is 19.0 Å². The standard InChI is InChI=1S/C15H20N2O4/c1-21-15(20)10-6-7-16-13(8-10)17-9-11-4-2-3-5-12(11)14(18)19/h6-8,11-12H,2-5,9H2,1H3,(H,16,17)(H,18,19). The maximum absolute atomic E-state index is 11.5. The van der Waals surface area contributed by atoms with Crippen molar-refractivity contribution in [1.82, 2.24) is 4.98 Å². The number of carboxylic acids is 1. The minimum Gasteiger partial charge on any atom is -0.481 e. The molecule has 2 unspecified atom stereocenters. The van der Waals surface area contributed by atoms with Gasteiger partial charge in [0.1, 0.15) is 5.82 Å². The van der Waals surface area contributed by atoms with Crippen LogP contribution in [0.5, 0.6) is 0 Å². The van der Waals surface area contributed by atoms with Gasteiger partial charge in [0, 0.05) is 12.7 Å². The third-order valence-corrected chi connectivity index (χ3v) is 3.95. The number of pyridine rings is 1. The van der Waals surface area contributed by atoms with Gasteiger partial charge in [0.25, 0.3) is 0 Å². The number of anilines is 1. The molecule has 0 radical (unpaired) electrons. The Labute approximate surface area is 123 Å². The first-order valence-electron chi connectivity index (χ1n) is 7.13. The van der Waals surface area contributed by atoms with Gasteiger partial charge >= 0.3 is 11.9 Å². The molecule has 1 saturated carbocycles. The minimum absolute atomic E-state index is 0.0971. The smallest absolute Gasteiger partial charge is 0.338 e. The number of hydrogen-bond acceptors (Lipinski definition) is 5. The van der Waals surface area contributed by atoms with E-state index in [0.717, 1.165) is 25.7 Å². The maximum Gasteiger partial charge on any atom is 0.338 e. The number of esters is 1. The Kier molecular flexibility index (Phi) is 5.14. The van der Waals surface area contributed by atoms with Crippen molar-refractivity contribution < 1.29 is 19.4 Å². The lowest BCUT2D eigenvalue weighted by Gasteiger charge is -2.28. The van der Waals surface area contributed by atoms with Crippen LogP contribution in [-0.2, 0) is 9.53 Å². The fraction of sp³-hybridized carbons (Fsp3) is 0.533. The van der Waals surface area contributed by atoms with Gasteiger partial charge in [-0.25, -0.2) is 9.78 Å². The molecule has 6 nitrogen and oxygen atoms in total. The van der Waals surface area contributed by atoms with Crippen molar-refractivity contribution in [3.8, 4) is 0 Å². The van der Waals surface area contributed by atoms with Gasteiger partial charge in [0.2, 0.25) is 0 Å². The van der Waals surface area contributed by atoms with Crippen molar-refractivity contribution in [3.05, 3.63) is 23.9 Å². The first kappa shape index (κ1) is 15.3. The van der Waals surface area contributed by atoms with Crippen LogP contribution >= 0.6 is 0 Å². The number of ether oxygens (including phenoxy) is 1. The topological polar surface area (TPSA) is 88.5 Å². The molecular formula is C15H20N2O4. The summed E-state index contributed by atoms with van der Waals surface area (Å²) in [5.41, 5.74) is 0.424. The molecule has 114 valence electrons. The van der Waals surface area contributed by atoms with Crippen LogP contribution in [0.25, 0.3) is 0 Å². The van der Waals surface area contributed by atoms with E-state index in [9.17, 15) is 14.7 Å². The van der Waals surface area contributed by atoms with E-state index < -0.39 is 11.9 Å². The highest BCUT2D eigenvalue weighted by atomic mass is 16.5. The molecule has 2 atom stereocenters. The zero-order chi connectivity index (χ0) is 15.2.